The number of piperazine rings is 1. The van der Waals surface area contributed by atoms with Gasteiger partial charge in [-0.25, -0.2) is 4.98 Å². The Labute approximate surface area is 198 Å². The Kier molecular flexibility index (Phi) is 6.50. The Morgan fingerprint density at radius 3 is 2.68 bits per heavy atom. The molecule has 0 atom stereocenters. The van der Waals surface area contributed by atoms with E-state index in [-0.39, 0.29) is 18.0 Å². The smallest absolute Gasteiger partial charge is 0.242 e. The van der Waals surface area contributed by atoms with E-state index in [0.717, 1.165) is 68.6 Å². The molecule has 1 aliphatic carbocycles. The molecule has 10 nitrogen and oxygen atoms in total. The van der Waals surface area contributed by atoms with Gasteiger partial charge in [-0.1, -0.05) is 0 Å². The summed E-state index contributed by atoms with van der Waals surface area (Å²) in [5.74, 6) is 1.65. The van der Waals surface area contributed by atoms with Crippen molar-refractivity contribution < 1.29 is 14.9 Å². The van der Waals surface area contributed by atoms with Crippen LogP contribution in [-0.4, -0.2) is 70.8 Å². The molecule has 1 saturated heterocycles. The topological polar surface area (TPSA) is 128 Å². The fraction of sp³-hybridized carbons (Fsp3) is 0.458. The van der Waals surface area contributed by atoms with Crippen molar-refractivity contribution in [3.63, 3.8) is 0 Å². The Morgan fingerprint density at radius 1 is 1.12 bits per heavy atom. The van der Waals surface area contributed by atoms with E-state index >= 15 is 0 Å². The third-order valence-corrected chi connectivity index (χ3v) is 6.59. The molecule has 2 aliphatic rings. The van der Waals surface area contributed by atoms with Gasteiger partial charge in [-0.3, -0.25) is 0 Å². The van der Waals surface area contributed by atoms with E-state index in [9.17, 15) is 10.2 Å². The van der Waals surface area contributed by atoms with Gasteiger partial charge < -0.3 is 35.8 Å². The zero-order valence-corrected chi connectivity index (χ0v) is 19.3. The molecule has 1 aliphatic heterocycles. The largest absolute Gasteiger partial charge is 0.494 e. The number of hydrogen-bond acceptors (Lipinski definition) is 10. The third-order valence-electron chi connectivity index (χ3n) is 6.59. The van der Waals surface area contributed by atoms with E-state index in [1.165, 1.54) is 0 Å². The molecule has 2 fully saturated rings. The van der Waals surface area contributed by atoms with Gasteiger partial charge in [0.25, 0.3) is 0 Å². The summed E-state index contributed by atoms with van der Waals surface area (Å²) in [4.78, 5) is 7.09. The van der Waals surface area contributed by atoms with Crippen molar-refractivity contribution in [3.05, 3.63) is 30.5 Å². The van der Waals surface area contributed by atoms with Crippen LogP contribution < -0.4 is 25.6 Å². The molecule has 0 spiro atoms. The Morgan fingerprint density at radius 2 is 1.91 bits per heavy atom. The Balaban J connectivity index is 1.46. The molecular formula is C24H31N7O3. The minimum Gasteiger partial charge on any atom is -0.494 e. The summed E-state index contributed by atoms with van der Waals surface area (Å²) in [5.41, 5.74) is 1.84. The van der Waals surface area contributed by atoms with E-state index in [1.54, 1.807) is 13.3 Å². The highest BCUT2D eigenvalue weighted by Gasteiger charge is 2.21. The maximum Gasteiger partial charge on any atom is 0.242 e. The van der Waals surface area contributed by atoms with Crippen LogP contribution in [0.25, 0.3) is 10.8 Å². The highest BCUT2D eigenvalue weighted by Crippen LogP contribution is 2.37. The average molecular weight is 466 g/mol. The normalized spacial score (nSPS) is 20.8. The molecule has 3 aromatic rings. The lowest BCUT2D eigenvalue weighted by Gasteiger charge is -2.30. The minimum atomic E-state index is -0.219. The molecule has 0 radical (unpaired) electrons. The van der Waals surface area contributed by atoms with Crippen LogP contribution in [0.2, 0.25) is 0 Å². The Bertz CT molecular complexity index is 1140. The SMILES string of the molecule is COc1cc(N2CCNCC2)ccc1Nc1nc(N[C@H]2CC[C@H](O)CC2)cc2cnnc(O)c12. The number of nitrogens with one attached hydrogen (secondary N) is 3. The molecule has 2 aromatic heterocycles. The number of methoxy groups -OCH3 is 1. The van der Waals surface area contributed by atoms with Crippen molar-refractivity contribution in [3.8, 4) is 11.6 Å². The fourth-order valence-corrected chi connectivity index (χ4v) is 4.72. The summed E-state index contributed by atoms with van der Waals surface area (Å²) in [6, 6.07) is 8.15. The van der Waals surface area contributed by atoms with Crippen LogP contribution in [-0.2, 0) is 0 Å². The lowest BCUT2D eigenvalue weighted by atomic mass is 9.93. The highest BCUT2D eigenvalue weighted by atomic mass is 16.5. The van der Waals surface area contributed by atoms with Crippen LogP contribution in [0.5, 0.6) is 11.6 Å². The van der Waals surface area contributed by atoms with E-state index < -0.39 is 0 Å². The van der Waals surface area contributed by atoms with Crippen molar-refractivity contribution >= 4 is 33.8 Å². The number of aromatic nitrogens is 3. The van der Waals surface area contributed by atoms with Crippen LogP contribution in [0.4, 0.5) is 23.0 Å². The summed E-state index contributed by atoms with van der Waals surface area (Å²) in [6.45, 7) is 3.80. The first-order chi connectivity index (χ1) is 16.6. The predicted octanol–water partition coefficient (Wildman–Crippen LogP) is 2.61. The van der Waals surface area contributed by atoms with Crippen molar-refractivity contribution in [2.75, 3.05) is 48.8 Å². The predicted molar refractivity (Wildman–Crippen MR) is 132 cm³/mol. The van der Waals surface area contributed by atoms with E-state index in [1.807, 2.05) is 18.2 Å². The van der Waals surface area contributed by atoms with E-state index in [2.05, 4.69) is 37.1 Å². The summed E-state index contributed by atoms with van der Waals surface area (Å²) >= 11 is 0. The van der Waals surface area contributed by atoms with Crippen LogP contribution in [0.3, 0.4) is 0 Å². The van der Waals surface area contributed by atoms with Gasteiger partial charge in [0.05, 0.1) is 30.5 Å². The number of anilines is 4. The second-order valence-electron chi connectivity index (χ2n) is 8.88. The molecule has 0 unspecified atom stereocenters. The molecular weight excluding hydrogens is 434 g/mol. The number of benzene rings is 1. The molecule has 0 bridgehead atoms. The monoisotopic (exact) mass is 465 g/mol. The molecule has 10 heteroatoms. The summed E-state index contributed by atoms with van der Waals surface area (Å²) < 4.78 is 5.69. The second-order valence-corrected chi connectivity index (χ2v) is 8.88. The molecule has 180 valence electrons. The van der Waals surface area contributed by atoms with Crippen LogP contribution >= 0.6 is 0 Å². The number of aromatic hydroxyl groups is 1. The van der Waals surface area contributed by atoms with Crippen molar-refractivity contribution in [2.24, 2.45) is 0 Å². The first kappa shape index (κ1) is 22.4. The fourth-order valence-electron chi connectivity index (χ4n) is 4.72. The number of hydrogen-bond donors (Lipinski definition) is 5. The number of fused-ring (bicyclic) bond motifs is 1. The van der Waals surface area contributed by atoms with Gasteiger partial charge in [-0.05, 0) is 43.9 Å². The number of ether oxygens (including phenoxy) is 1. The second kappa shape index (κ2) is 9.86. The van der Waals surface area contributed by atoms with Gasteiger partial charge in [0.2, 0.25) is 5.88 Å². The lowest BCUT2D eigenvalue weighted by molar-refractivity contribution is 0.126. The molecule has 5 rings (SSSR count). The number of aliphatic hydroxyl groups excluding tert-OH is 1. The first-order valence-corrected chi connectivity index (χ1v) is 11.8. The maximum absolute atomic E-state index is 10.5. The molecule has 1 saturated carbocycles. The third kappa shape index (κ3) is 4.78. The van der Waals surface area contributed by atoms with Gasteiger partial charge in [0, 0.05) is 49.4 Å². The minimum absolute atomic E-state index is 0.184. The molecule has 0 amide bonds. The number of rotatable bonds is 6. The van der Waals surface area contributed by atoms with Gasteiger partial charge in [-0.15, -0.1) is 5.10 Å². The van der Waals surface area contributed by atoms with Crippen LogP contribution in [0.15, 0.2) is 30.5 Å². The summed E-state index contributed by atoms with van der Waals surface area (Å²) in [5, 5.41) is 39.4. The lowest BCUT2D eigenvalue weighted by Crippen LogP contribution is -2.43. The van der Waals surface area contributed by atoms with Gasteiger partial charge >= 0.3 is 0 Å². The highest BCUT2D eigenvalue weighted by molar-refractivity contribution is 5.98. The van der Waals surface area contributed by atoms with Crippen molar-refractivity contribution in [1.82, 2.24) is 20.5 Å². The average Bonchev–Trinajstić information content (AvgIpc) is 2.86. The Hall–Kier alpha value is -3.37. The molecule has 1 aromatic carbocycles. The zero-order valence-electron chi connectivity index (χ0n) is 19.3. The van der Waals surface area contributed by atoms with Crippen molar-refractivity contribution in [1.29, 1.82) is 0 Å². The zero-order chi connectivity index (χ0) is 23.5. The molecule has 3 heterocycles. The maximum atomic E-state index is 10.5. The van der Waals surface area contributed by atoms with Gasteiger partial charge in [-0.2, -0.15) is 5.10 Å². The van der Waals surface area contributed by atoms with Gasteiger partial charge in [0.15, 0.2) is 0 Å². The van der Waals surface area contributed by atoms with Crippen LogP contribution in [0, 0.1) is 0 Å². The number of aliphatic hydroxyl groups is 1. The van der Waals surface area contributed by atoms with Crippen LogP contribution in [0.1, 0.15) is 25.7 Å². The number of nitrogens with zero attached hydrogens (tertiary/aromatic N) is 4. The summed E-state index contributed by atoms with van der Waals surface area (Å²) in [7, 11) is 1.64. The first-order valence-electron chi connectivity index (χ1n) is 11.8. The molecule has 34 heavy (non-hydrogen) atoms. The standard InChI is InChI=1S/C24H31N7O3/c1-34-20-13-17(31-10-8-25-9-11-31)4-7-19(20)28-23-22-15(14-26-30-24(22)33)12-21(29-23)27-16-2-5-18(32)6-3-16/h4,7,12-14,16,18,25,32H,2-3,5-6,8-11H2,1H3,(H,30,33)(H2,27,28,29)/t16-,18-. The van der Waals surface area contributed by atoms with Crippen molar-refractivity contribution in [2.45, 2.75) is 37.8 Å². The summed E-state index contributed by atoms with van der Waals surface area (Å²) in [6.07, 6.45) is 4.71. The quantitative estimate of drug-likeness (QED) is 0.371. The van der Waals surface area contributed by atoms with E-state index in [4.69, 9.17) is 9.72 Å². The number of pyridine rings is 1. The van der Waals surface area contributed by atoms with E-state index in [0.29, 0.717) is 22.8 Å². The van der Waals surface area contributed by atoms with Gasteiger partial charge in [0.1, 0.15) is 17.4 Å². The molecule has 5 N–H and O–H groups in total.